The summed E-state index contributed by atoms with van der Waals surface area (Å²) < 4.78 is 0. The van der Waals surface area contributed by atoms with Gasteiger partial charge in [0, 0.05) is 12.1 Å². The molecule has 1 aliphatic carbocycles. The number of rotatable bonds is 5. The SMILES string of the molecule is CC(C(=N)N)N(C)CC1(N(C)C)CCC1. The highest BCUT2D eigenvalue weighted by atomic mass is 15.2. The van der Waals surface area contributed by atoms with E-state index in [0.29, 0.717) is 5.54 Å². The van der Waals surface area contributed by atoms with Crippen molar-refractivity contribution in [3.8, 4) is 0 Å². The Balaban J connectivity index is 2.56. The summed E-state index contributed by atoms with van der Waals surface area (Å²) in [6.45, 7) is 2.99. The zero-order chi connectivity index (χ0) is 11.6. The molecule has 1 unspecified atom stereocenters. The quantitative estimate of drug-likeness (QED) is 0.522. The molecule has 4 heteroatoms. The van der Waals surface area contributed by atoms with Crippen LogP contribution in [0.2, 0.25) is 0 Å². The minimum atomic E-state index is 0.0439. The number of hydrogen-bond acceptors (Lipinski definition) is 3. The summed E-state index contributed by atoms with van der Waals surface area (Å²) >= 11 is 0. The predicted molar refractivity (Wildman–Crippen MR) is 64.3 cm³/mol. The van der Waals surface area contributed by atoms with Crippen molar-refractivity contribution in [2.24, 2.45) is 5.73 Å². The van der Waals surface area contributed by atoms with Crippen LogP contribution in [0.1, 0.15) is 26.2 Å². The van der Waals surface area contributed by atoms with E-state index >= 15 is 0 Å². The smallest absolute Gasteiger partial charge is 0.108 e. The molecule has 0 spiro atoms. The Labute approximate surface area is 92.9 Å². The Bertz CT molecular complexity index is 233. The highest BCUT2D eigenvalue weighted by Gasteiger charge is 2.40. The van der Waals surface area contributed by atoms with Gasteiger partial charge in [-0.05, 0) is 47.3 Å². The van der Waals surface area contributed by atoms with E-state index in [1.165, 1.54) is 19.3 Å². The summed E-state index contributed by atoms with van der Waals surface area (Å²) in [6, 6.07) is 0.0439. The second kappa shape index (κ2) is 4.49. The summed E-state index contributed by atoms with van der Waals surface area (Å²) in [5.41, 5.74) is 5.84. The van der Waals surface area contributed by atoms with Gasteiger partial charge in [-0.3, -0.25) is 10.3 Å². The van der Waals surface area contributed by atoms with E-state index in [4.69, 9.17) is 11.1 Å². The Kier molecular flexibility index (Phi) is 3.73. The van der Waals surface area contributed by atoms with Crippen LogP contribution < -0.4 is 5.73 Å². The van der Waals surface area contributed by atoms with Crippen molar-refractivity contribution in [3.63, 3.8) is 0 Å². The third kappa shape index (κ3) is 2.49. The molecule has 0 radical (unpaired) electrons. The molecule has 3 N–H and O–H groups in total. The standard InChI is InChI=1S/C11H24N4/c1-9(10(12)13)15(4)8-11(14(2)3)6-5-7-11/h9H,5-8H2,1-4H3,(H3,12,13). The van der Waals surface area contributed by atoms with E-state index < -0.39 is 0 Å². The van der Waals surface area contributed by atoms with E-state index in [2.05, 4.69) is 30.9 Å². The molecule has 15 heavy (non-hydrogen) atoms. The Morgan fingerprint density at radius 1 is 1.40 bits per heavy atom. The molecule has 0 amide bonds. The fraction of sp³-hybridized carbons (Fsp3) is 0.909. The highest BCUT2D eigenvalue weighted by molar-refractivity contribution is 5.82. The van der Waals surface area contributed by atoms with Crippen LogP contribution in [0.5, 0.6) is 0 Å². The number of nitrogens with one attached hydrogen (secondary N) is 1. The molecule has 0 saturated heterocycles. The van der Waals surface area contributed by atoms with Gasteiger partial charge < -0.3 is 10.6 Å². The zero-order valence-corrected chi connectivity index (χ0v) is 10.4. The molecule has 88 valence electrons. The zero-order valence-electron chi connectivity index (χ0n) is 10.4. The molecule has 0 aromatic heterocycles. The van der Waals surface area contributed by atoms with Crippen LogP contribution in [0.3, 0.4) is 0 Å². The molecule has 0 heterocycles. The molecule has 1 rings (SSSR count). The summed E-state index contributed by atoms with van der Waals surface area (Å²) in [6.07, 6.45) is 3.84. The summed E-state index contributed by atoms with van der Waals surface area (Å²) in [5, 5.41) is 7.44. The van der Waals surface area contributed by atoms with E-state index in [0.717, 1.165) is 6.54 Å². The van der Waals surface area contributed by atoms with Crippen molar-refractivity contribution in [1.82, 2.24) is 9.80 Å². The summed E-state index contributed by atoms with van der Waals surface area (Å²) in [5.74, 6) is 0.255. The van der Waals surface area contributed by atoms with Crippen molar-refractivity contribution in [1.29, 1.82) is 5.41 Å². The van der Waals surface area contributed by atoms with Crippen LogP contribution in [-0.4, -0.2) is 54.9 Å². The minimum absolute atomic E-state index is 0.0439. The largest absolute Gasteiger partial charge is 0.386 e. The number of hydrogen-bond donors (Lipinski definition) is 2. The molecule has 0 aromatic carbocycles. The fourth-order valence-electron chi connectivity index (χ4n) is 2.17. The van der Waals surface area contributed by atoms with Gasteiger partial charge in [0.15, 0.2) is 0 Å². The van der Waals surface area contributed by atoms with E-state index in [1.807, 2.05) is 6.92 Å². The fourth-order valence-corrected chi connectivity index (χ4v) is 2.17. The first-order valence-electron chi connectivity index (χ1n) is 5.61. The molecule has 0 aliphatic heterocycles. The average Bonchev–Trinajstić information content (AvgIpc) is 2.08. The molecule has 4 nitrogen and oxygen atoms in total. The third-order valence-electron chi connectivity index (χ3n) is 3.89. The van der Waals surface area contributed by atoms with Gasteiger partial charge in [0.1, 0.15) is 5.84 Å². The first-order chi connectivity index (χ1) is 6.89. The maximum Gasteiger partial charge on any atom is 0.108 e. The van der Waals surface area contributed by atoms with Gasteiger partial charge >= 0.3 is 0 Å². The van der Waals surface area contributed by atoms with Gasteiger partial charge in [-0.1, -0.05) is 0 Å². The second-order valence-electron chi connectivity index (χ2n) is 5.02. The third-order valence-corrected chi connectivity index (χ3v) is 3.89. The number of nitrogens with two attached hydrogens (primary N) is 1. The van der Waals surface area contributed by atoms with E-state index in [-0.39, 0.29) is 11.9 Å². The molecular formula is C11H24N4. The van der Waals surface area contributed by atoms with Crippen molar-refractivity contribution in [2.75, 3.05) is 27.7 Å². The lowest BCUT2D eigenvalue weighted by Gasteiger charge is -2.50. The van der Waals surface area contributed by atoms with Gasteiger partial charge in [-0.15, -0.1) is 0 Å². The van der Waals surface area contributed by atoms with Gasteiger partial charge in [0.05, 0.1) is 6.04 Å². The van der Waals surface area contributed by atoms with E-state index in [9.17, 15) is 0 Å². The van der Waals surface area contributed by atoms with Crippen LogP contribution >= 0.6 is 0 Å². The van der Waals surface area contributed by atoms with Gasteiger partial charge in [0.2, 0.25) is 0 Å². The number of likely N-dealkylation sites (N-methyl/N-ethyl adjacent to an activating group) is 2. The maximum atomic E-state index is 7.44. The van der Waals surface area contributed by atoms with Crippen molar-refractivity contribution in [3.05, 3.63) is 0 Å². The molecular weight excluding hydrogens is 188 g/mol. The lowest BCUT2D eigenvalue weighted by molar-refractivity contribution is 0.0244. The monoisotopic (exact) mass is 212 g/mol. The van der Waals surface area contributed by atoms with Crippen LogP contribution in [-0.2, 0) is 0 Å². The first kappa shape index (κ1) is 12.5. The van der Waals surface area contributed by atoms with Gasteiger partial charge in [-0.2, -0.15) is 0 Å². The molecule has 1 aliphatic rings. The number of amidine groups is 1. The first-order valence-corrected chi connectivity index (χ1v) is 5.61. The summed E-state index contributed by atoms with van der Waals surface area (Å²) in [4.78, 5) is 4.50. The predicted octanol–water partition coefficient (Wildman–Crippen LogP) is 0.727. The van der Waals surface area contributed by atoms with Crippen LogP contribution in [0.15, 0.2) is 0 Å². The Morgan fingerprint density at radius 3 is 2.20 bits per heavy atom. The maximum absolute atomic E-state index is 7.44. The molecule has 0 aromatic rings. The molecule has 1 atom stereocenters. The molecule has 1 fully saturated rings. The molecule has 1 saturated carbocycles. The average molecular weight is 212 g/mol. The topological polar surface area (TPSA) is 56.4 Å². The lowest BCUT2D eigenvalue weighted by atomic mass is 9.75. The van der Waals surface area contributed by atoms with Crippen LogP contribution in [0.25, 0.3) is 0 Å². The Hall–Kier alpha value is -0.610. The minimum Gasteiger partial charge on any atom is -0.386 e. The molecule has 0 bridgehead atoms. The number of nitrogens with zero attached hydrogens (tertiary/aromatic N) is 2. The van der Waals surface area contributed by atoms with Crippen molar-refractivity contribution >= 4 is 5.84 Å². The van der Waals surface area contributed by atoms with Crippen LogP contribution in [0, 0.1) is 5.41 Å². The van der Waals surface area contributed by atoms with Crippen molar-refractivity contribution in [2.45, 2.75) is 37.8 Å². The normalized spacial score (nSPS) is 21.5. The van der Waals surface area contributed by atoms with Gasteiger partial charge in [-0.25, -0.2) is 0 Å². The van der Waals surface area contributed by atoms with Gasteiger partial charge in [0.25, 0.3) is 0 Å². The Morgan fingerprint density at radius 2 is 1.93 bits per heavy atom. The van der Waals surface area contributed by atoms with Crippen molar-refractivity contribution < 1.29 is 0 Å². The second-order valence-corrected chi connectivity index (χ2v) is 5.02. The van der Waals surface area contributed by atoms with E-state index in [1.54, 1.807) is 0 Å². The lowest BCUT2D eigenvalue weighted by Crippen LogP contribution is -2.58. The van der Waals surface area contributed by atoms with Crippen LogP contribution in [0.4, 0.5) is 0 Å². The summed E-state index contributed by atoms with van der Waals surface area (Å²) in [7, 11) is 6.34. The highest BCUT2D eigenvalue weighted by Crippen LogP contribution is 2.36.